The van der Waals surface area contributed by atoms with Crippen molar-refractivity contribution in [2.75, 3.05) is 6.61 Å². The van der Waals surface area contributed by atoms with Gasteiger partial charge in [0.1, 0.15) is 0 Å². The highest BCUT2D eigenvalue weighted by atomic mass is 19.1. The number of hydrogen-bond donors (Lipinski definition) is 3. The van der Waals surface area contributed by atoms with Crippen LogP contribution in [0.2, 0.25) is 0 Å². The summed E-state index contributed by atoms with van der Waals surface area (Å²) in [7, 11) is 0. The Kier molecular flexibility index (Phi) is 6.33. The van der Waals surface area contributed by atoms with Crippen molar-refractivity contribution in [3.05, 3.63) is 65.0 Å². The summed E-state index contributed by atoms with van der Waals surface area (Å²) in [4.78, 5) is 23.0. The van der Waals surface area contributed by atoms with E-state index in [2.05, 4.69) is 10.6 Å². The van der Waals surface area contributed by atoms with Crippen molar-refractivity contribution in [2.45, 2.75) is 20.0 Å². The van der Waals surface area contributed by atoms with Crippen molar-refractivity contribution in [3.8, 4) is 5.75 Å². The molecule has 2 aromatic rings. The molecule has 0 aliphatic carbocycles. The number of benzene rings is 2. The van der Waals surface area contributed by atoms with E-state index in [1.165, 1.54) is 12.1 Å². The first-order chi connectivity index (χ1) is 12.0. The molecule has 132 valence electrons. The zero-order valence-electron chi connectivity index (χ0n) is 13.8. The highest BCUT2D eigenvalue weighted by Gasteiger charge is 2.06. The van der Waals surface area contributed by atoms with Gasteiger partial charge in [-0.2, -0.15) is 0 Å². The largest absolute Gasteiger partial charge is 0.491 e. The van der Waals surface area contributed by atoms with Crippen LogP contribution < -0.4 is 21.1 Å². The van der Waals surface area contributed by atoms with Crippen LogP contribution in [0, 0.1) is 5.82 Å². The predicted octanol–water partition coefficient (Wildman–Crippen LogP) is 2.32. The molecular weight excluding hydrogens is 325 g/mol. The molecule has 0 aliphatic rings. The van der Waals surface area contributed by atoms with E-state index in [0.717, 1.165) is 5.56 Å². The monoisotopic (exact) mass is 345 g/mol. The van der Waals surface area contributed by atoms with Crippen LogP contribution in [-0.4, -0.2) is 18.5 Å². The maximum Gasteiger partial charge on any atom is 0.315 e. The number of hydrogen-bond acceptors (Lipinski definition) is 3. The molecule has 0 bridgehead atoms. The summed E-state index contributed by atoms with van der Waals surface area (Å²) in [5.41, 5.74) is 6.96. The number of carbonyl (C=O) groups is 2. The van der Waals surface area contributed by atoms with Gasteiger partial charge in [0.25, 0.3) is 0 Å². The Balaban J connectivity index is 1.84. The highest BCUT2D eigenvalue weighted by molar-refractivity contribution is 5.92. The molecule has 0 spiro atoms. The Bertz CT molecular complexity index is 765. The second-order valence-electron chi connectivity index (χ2n) is 5.30. The van der Waals surface area contributed by atoms with Crippen molar-refractivity contribution in [3.63, 3.8) is 0 Å². The van der Waals surface area contributed by atoms with E-state index < -0.39 is 17.8 Å². The number of rotatable bonds is 7. The predicted molar refractivity (Wildman–Crippen MR) is 91.6 cm³/mol. The minimum Gasteiger partial charge on any atom is -0.491 e. The van der Waals surface area contributed by atoms with Gasteiger partial charge in [0.2, 0.25) is 5.91 Å². The topological polar surface area (TPSA) is 93.4 Å². The molecule has 0 aromatic heterocycles. The summed E-state index contributed by atoms with van der Waals surface area (Å²) in [5.74, 6) is -0.807. The van der Waals surface area contributed by atoms with E-state index in [1.54, 1.807) is 37.3 Å². The van der Waals surface area contributed by atoms with Crippen LogP contribution in [0.3, 0.4) is 0 Å². The summed E-state index contributed by atoms with van der Waals surface area (Å²) in [5, 5.41) is 5.30. The molecule has 7 heteroatoms. The highest BCUT2D eigenvalue weighted by Crippen LogP contribution is 2.18. The lowest BCUT2D eigenvalue weighted by Gasteiger charge is -2.10. The summed E-state index contributed by atoms with van der Waals surface area (Å²) >= 11 is 0. The van der Waals surface area contributed by atoms with Crippen molar-refractivity contribution < 1.29 is 18.7 Å². The third-order valence-corrected chi connectivity index (χ3v) is 3.41. The quantitative estimate of drug-likeness (QED) is 0.719. The van der Waals surface area contributed by atoms with Gasteiger partial charge in [-0.25, -0.2) is 9.18 Å². The Morgan fingerprint density at radius 3 is 2.36 bits per heavy atom. The van der Waals surface area contributed by atoms with Gasteiger partial charge < -0.3 is 21.1 Å². The first kappa shape index (κ1) is 18.3. The Morgan fingerprint density at radius 2 is 1.76 bits per heavy atom. The molecule has 2 aromatic carbocycles. The Morgan fingerprint density at radius 1 is 1.08 bits per heavy atom. The van der Waals surface area contributed by atoms with Gasteiger partial charge in [-0.05, 0) is 42.3 Å². The van der Waals surface area contributed by atoms with Crippen LogP contribution in [0.1, 0.15) is 28.4 Å². The van der Waals surface area contributed by atoms with E-state index in [0.29, 0.717) is 17.7 Å². The lowest BCUT2D eigenvalue weighted by atomic mass is 10.1. The van der Waals surface area contributed by atoms with Crippen LogP contribution in [0.15, 0.2) is 42.5 Å². The Hall–Kier alpha value is -3.09. The molecule has 0 aliphatic heterocycles. The first-order valence-electron chi connectivity index (χ1n) is 7.81. The van der Waals surface area contributed by atoms with Gasteiger partial charge in [-0.1, -0.05) is 18.2 Å². The normalized spacial score (nSPS) is 10.2. The average Bonchev–Trinajstić information content (AvgIpc) is 2.60. The minimum absolute atomic E-state index is 0.177. The maximum atomic E-state index is 13.7. The molecule has 0 radical (unpaired) electrons. The fraction of sp³-hybridized carbons (Fsp3) is 0.222. The standard InChI is InChI=1S/C18H20FN3O3/c1-2-25-16-7-6-13(9-15(16)19)11-22-18(24)21-10-12-4-3-5-14(8-12)17(20)23/h3-9H,2,10-11H2,1H3,(H2,20,23)(H2,21,22,24). The second kappa shape index (κ2) is 8.68. The van der Waals surface area contributed by atoms with Crippen LogP contribution >= 0.6 is 0 Å². The molecule has 0 atom stereocenters. The first-order valence-corrected chi connectivity index (χ1v) is 7.81. The number of halogens is 1. The van der Waals surface area contributed by atoms with Gasteiger partial charge in [0, 0.05) is 18.7 Å². The van der Waals surface area contributed by atoms with Crippen LogP contribution in [0.5, 0.6) is 5.75 Å². The van der Waals surface area contributed by atoms with Crippen molar-refractivity contribution in [2.24, 2.45) is 5.73 Å². The third kappa shape index (κ3) is 5.49. The van der Waals surface area contributed by atoms with E-state index in [1.807, 2.05) is 0 Å². The molecule has 3 amide bonds. The fourth-order valence-electron chi connectivity index (χ4n) is 2.19. The molecular formula is C18H20FN3O3. The molecule has 0 saturated carbocycles. The maximum absolute atomic E-state index is 13.7. The molecule has 4 N–H and O–H groups in total. The average molecular weight is 345 g/mol. The van der Waals surface area contributed by atoms with E-state index in [-0.39, 0.29) is 18.8 Å². The molecule has 25 heavy (non-hydrogen) atoms. The number of primary amides is 1. The molecule has 0 heterocycles. The zero-order chi connectivity index (χ0) is 18.2. The van der Waals surface area contributed by atoms with Crippen LogP contribution in [-0.2, 0) is 13.1 Å². The number of ether oxygens (including phenoxy) is 1. The summed E-state index contributed by atoms with van der Waals surface area (Å²) in [6.07, 6.45) is 0. The van der Waals surface area contributed by atoms with Crippen molar-refractivity contribution in [1.82, 2.24) is 10.6 Å². The third-order valence-electron chi connectivity index (χ3n) is 3.41. The number of amides is 3. The lowest BCUT2D eigenvalue weighted by Crippen LogP contribution is -2.34. The fourth-order valence-corrected chi connectivity index (χ4v) is 2.19. The SMILES string of the molecule is CCOc1ccc(CNC(=O)NCc2cccc(C(N)=O)c2)cc1F. The lowest BCUT2D eigenvalue weighted by molar-refractivity contribution is 0.1000. The number of nitrogens with two attached hydrogens (primary N) is 1. The summed E-state index contributed by atoms with van der Waals surface area (Å²) in [6, 6.07) is 10.8. The van der Waals surface area contributed by atoms with Crippen molar-refractivity contribution in [1.29, 1.82) is 0 Å². The van der Waals surface area contributed by atoms with E-state index in [9.17, 15) is 14.0 Å². The zero-order valence-corrected chi connectivity index (χ0v) is 13.8. The number of carbonyl (C=O) groups excluding carboxylic acids is 2. The van der Waals surface area contributed by atoms with Crippen molar-refractivity contribution >= 4 is 11.9 Å². The molecule has 0 fully saturated rings. The molecule has 2 rings (SSSR count). The van der Waals surface area contributed by atoms with Gasteiger partial charge in [-0.3, -0.25) is 4.79 Å². The minimum atomic E-state index is -0.524. The van der Waals surface area contributed by atoms with E-state index >= 15 is 0 Å². The number of nitrogens with one attached hydrogen (secondary N) is 2. The smallest absolute Gasteiger partial charge is 0.315 e. The molecule has 0 unspecified atom stereocenters. The van der Waals surface area contributed by atoms with Crippen LogP contribution in [0.25, 0.3) is 0 Å². The van der Waals surface area contributed by atoms with Gasteiger partial charge in [-0.15, -0.1) is 0 Å². The number of urea groups is 1. The van der Waals surface area contributed by atoms with Gasteiger partial charge in [0.15, 0.2) is 11.6 Å². The molecule has 6 nitrogen and oxygen atoms in total. The molecule has 0 saturated heterocycles. The Labute approximate surface area is 145 Å². The summed E-state index contributed by atoms with van der Waals surface area (Å²) in [6.45, 7) is 2.58. The summed E-state index contributed by atoms with van der Waals surface area (Å²) < 4.78 is 18.9. The second-order valence-corrected chi connectivity index (χ2v) is 5.30. The van der Waals surface area contributed by atoms with Gasteiger partial charge >= 0.3 is 6.03 Å². The van der Waals surface area contributed by atoms with Gasteiger partial charge in [0.05, 0.1) is 6.61 Å². The van der Waals surface area contributed by atoms with E-state index in [4.69, 9.17) is 10.5 Å². The van der Waals surface area contributed by atoms with Crippen LogP contribution in [0.4, 0.5) is 9.18 Å².